The van der Waals surface area contributed by atoms with Crippen LogP contribution in [0.4, 0.5) is 11.4 Å². The molecular formula is C16H26N4O. The molecule has 116 valence electrons. The van der Waals surface area contributed by atoms with Crippen LogP contribution in [0.5, 0.6) is 0 Å². The first kappa shape index (κ1) is 15.8. The first-order valence-corrected chi connectivity index (χ1v) is 7.69. The molecule has 1 aliphatic heterocycles. The van der Waals surface area contributed by atoms with Crippen LogP contribution in [-0.4, -0.2) is 55.0 Å². The molecule has 1 aromatic rings. The van der Waals surface area contributed by atoms with E-state index in [2.05, 4.69) is 22.0 Å². The Bertz CT molecular complexity index is 481. The molecule has 2 rings (SSSR count). The number of carbonyl (C=O) groups is 1. The third-order valence-electron chi connectivity index (χ3n) is 3.85. The van der Waals surface area contributed by atoms with Gasteiger partial charge < -0.3 is 16.0 Å². The zero-order valence-corrected chi connectivity index (χ0v) is 13.1. The van der Waals surface area contributed by atoms with Gasteiger partial charge in [0, 0.05) is 26.2 Å². The summed E-state index contributed by atoms with van der Waals surface area (Å²) in [5.41, 5.74) is 8.34. The van der Waals surface area contributed by atoms with Crippen molar-refractivity contribution >= 4 is 17.3 Å². The lowest BCUT2D eigenvalue weighted by Crippen LogP contribution is -2.48. The van der Waals surface area contributed by atoms with E-state index in [4.69, 9.17) is 5.73 Å². The number of piperazine rings is 1. The van der Waals surface area contributed by atoms with Crippen LogP contribution >= 0.6 is 0 Å². The Balaban J connectivity index is 1.80. The molecule has 0 spiro atoms. The van der Waals surface area contributed by atoms with Crippen LogP contribution in [0, 0.1) is 6.92 Å². The lowest BCUT2D eigenvalue weighted by Gasteiger charge is -2.34. The van der Waals surface area contributed by atoms with Crippen molar-refractivity contribution in [1.82, 2.24) is 9.80 Å². The Morgan fingerprint density at radius 2 is 1.90 bits per heavy atom. The van der Waals surface area contributed by atoms with E-state index in [1.165, 1.54) is 6.42 Å². The van der Waals surface area contributed by atoms with Crippen LogP contribution in [0.3, 0.4) is 0 Å². The first-order chi connectivity index (χ1) is 10.1. The Morgan fingerprint density at radius 3 is 2.52 bits per heavy atom. The molecule has 5 heteroatoms. The van der Waals surface area contributed by atoms with Crippen LogP contribution in [-0.2, 0) is 4.79 Å². The summed E-state index contributed by atoms with van der Waals surface area (Å²) in [6.07, 6.45) is 1.19. The molecule has 3 N–H and O–H groups in total. The predicted octanol–water partition coefficient (Wildman–Crippen LogP) is 1.54. The van der Waals surface area contributed by atoms with Crippen molar-refractivity contribution in [3.63, 3.8) is 0 Å². The summed E-state index contributed by atoms with van der Waals surface area (Å²) in [6, 6.07) is 5.69. The van der Waals surface area contributed by atoms with Crippen molar-refractivity contribution in [3.05, 3.63) is 23.8 Å². The van der Waals surface area contributed by atoms with E-state index in [-0.39, 0.29) is 5.91 Å². The number of anilines is 2. The second-order valence-corrected chi connectivity index (χ2v) is 5.76. The van der Waals surface area contributed by atoms with Crippen molar-refractivity contribution in [2.24, 2.45) is 0 Å². The summed E-state index contributed by atoms with van der Waals surface area (Å²) in [7, 11) is 0. The maximum atomic E-state index is 12.1. The lowest BCUT2D eigenvalue weighted by molar-refractivity contribution is -0.117. The molecule has 1 saturated heterocycles. The van der Waals surface area contributed by atoms with Crippen molar-refractivity contribution < 1.29 is 4.79 Å². The average Bonchev–Trinajstić information content (AvgIpc) is 2.44. The molecule has 1 aliphatic rings. The van der Waals surface area contributed by atoms with Crippen molar-refractivity contribution in [2.45, 2.75) is 20.3 Å². The van der Waals surface area contributed by atoms with Gasteiger partial charge in [0.2, 0.25) is 5.91 Å². The smallest absolute Gasteiger partial charge is 0.238 e. The Hall–Kier alpha value is -1.59. The van der Waals surface area contributed by atoms with E-state index in [1.807, 2.05) is 25.1 Å². The monoisotopic (exact) mass is 290 g/mol. The predicted molar refractivity (Wildman–Crippen MR) is 87.4 cm³/mol. The van der Waals surface area contributed by atoms with Crippen LogP contribution in [0.25, 0.3) is 0 Å². The highest BCUT2D eigenvalue weighted by Gasteiger charge is 2.18. The van der Waals surface area contributed by atoms with E-state index in [1.54, 1.807) is 0 Å². The number of nitrogens with zero attached hydrogens (tertiary/aromatic N) is 2. The lowest BCUT2D eigenvalue weighted by atomic mass is 10.2. The SMILES string of the molecule is CCCN1CCN(CC(=O)Nc2ccc(C)cc2N)CC1. The summed E-state index contributed by atoms with van der Waals surface area (Å²) in [6.45, 7) is 9.78. The molecule has 0 bridgehead atoms. The maximum Gasteiger partial charge on any atom is 0.238 e. The molecule has 1 amide bonds. The van der Waals surface area contributed by atoms with Gasteiger partial charge in [-0.3, -0.25) is 9.69 Å². The number of amides is 1. The molecule has 0 saturated carbocycles. The van der Waals surface area contributed by atoms with E-state index in [0.717, 1.165) is 38.3 Å². The van der Waals surface area contributed by atoms with Gasteiger partial charge in [-0.1, -0.05) is 13.0 Å². The fourth-order valence-corrected chi connectivity index (χ4v) is 2.68. The second-order valence-electron chi connectivity index (χ2n) is 5.76. The first-order valence-electron chi connectivity index (χ1n) is 7.69. The molecule has 0 unspecified atom stereocenters. The second kappa shape index (κ2) is 7.43. The summed E-state index contributed by atoms with van der Waals surface area (Å²) < 4.78 is 0. The van der Waals surface area contributed by atoms with Crippen LogP contribution in [0.1, 0.15) is 18.9 Å². The van der Waals surface area contributed by atoms with E-state index in [0.29, 0.717) is 17.9 Å². The fourth-order valence-electron chi connectivity index (χ4n) is 2.68. The standard InChI is InChI=1S/C16H26N4O/c1-3-6-19-7-9-20(10-8-19)12-16(21)18-15-5-4-13(2)11-14(15)17/h4-5,11H,3,6-10,12,17H2,1-2H3,(H,18,21). The van der Waals surface area contributed by atoms with Crippen LogP contribution in [0.2, 0.25) is 0 Å². The third kappa shape index (κ3) is 4.72. The summed E-state index contributed by atoms with van der Waals surface area (Å²) >= 11 is 0. The number of nitrogens with two attached hydrogens (primary N) is 1. The number of carbonyl (C=O) groups excluding carboxylic acids is 1. The van der Waals surface area contributed by atoms with Crippen molar-refractivity contribution in [2.75, 3.05) is 50.3 Å². The average molecular weight is 290 g/mol. The van der Waals surface area contributed by atoms with E-state index in [9.17, 15) is 4.79 Å². The van der Waals surface area contributed by atoms with Gasteiger partial charge in [-0.05, 0) is 37.6 Å². The minimum atomic E-state index is 0.00879. The fraction of sp³-hybridized carbons (Fsp3) is 0.562. The van der Waals surface area contributed by atoms with Gasteiger partial charge in [-0.2, -0.15) is 0 Å². The largest absolute Gasteiger partial charge is 0.397 e. The number of nitrogens with one attached hydrogen (secondary N) is 1. The molecule has 5 nitrogen and oxygen atoms in total. The highest BCUT2D eigenvalue weighted by atomic mass is 16.2. The number of aryl methyl sites for hydroxylation is 1. The van der Waals surface area contributed by atoms with Crippen LogP contribution in [0.15, 0.2) is 18.2 Å². The van der Waals surface area contributed by atoms with Crippen LogP contribution < -0.4 is 11.1 Å². The summed E-state index contributed by atoms with van der Waals surface area (Å²) in [5, 5.41) is 2.90. The van der Waals surface area contributed by atoms with Gasteiger partial charge in [0.1, 0.15) is 0 Å². The molecule has 1 aromatic carbocycles. The molecule has 0 aliphatic carbocycles. The van der Waals surface area contributed by atoms with Gasteiger partial charge >= 0.3 is 0 Å². The molecule has 0 aromatic heterocycles. The molecular weight excluding hydrogens is 264 g/mol. The molecule has 1 heterocycles. The van der Waals surface area contributed by atoms with Crippen molar-refractivity contribution in [3.8, 4) is 0 Å². The minimum Gasteiger partial charge on any atom is -0.397 e. The van der Waals surface area contributed by atoms with Gasteiger partial charge in [0.15, 0.2) is 0 Å². The van der Waals surface area contributed by atoms with Gasteiger partial charge in [-0.25, -0.2) is 0 Å². The highest BCUT2D eigenvalue weighted by Crippen LogP contribution is 2.19. The maximum absolute atomic E-state index is 12.1. The summed E-state index contributed by atoms with van der Waals surface area (Å²) in [4.78, 5) is 16.8. The van der Waals surface area contributed by atoms with E-state index < -0.39 is 0 Å². The Labute approximate surface area is 127 Å². The number of benzene rings is 1. The zero-order chi connectivity index (χ0) is 15.2. The number of hydrogen-bond donors (Lipinski definition) is 2. The number of rotatable bonds is 5. The zero-order valence-electron chi connectivity index (χ0n) is 13.1. The molecule has 0 radical (unpaired) electrons. The van der Waals surface area contributed by atoms with Gasteiger partial charge in [0.05, 0.1) is 17.9 Å². The topological polar surface area (TPSA) is 61.6 Å². The Morgan fingerprint density at radius 1 is 1.24 bits per heavy atom. The van der Waals surface area contributed by atoms with E-state index >= 15 is 0 Å². The third-order valence-corrected chi connectivity index (χ3v) is 3.85. The summed E-state index contributed by atoms with van der Waals surface area (Å²) in [5.74, 6) is 0.00879. The quantitative estimate of drug-likeness (QED) is 0.808. The molecule has 1 fully saturated rings. The normalized spacial score (nSPS) is 16.9. The number of hydrogen-bond acceptors (Lipinski definition) is 4. The number of nitrogen functional groups attached to an aromatic ring is 1. The van der Waals surface area contributed by atoms with Gasteiger partial charge in [-0.15, -0.1) is 0 Å². The Kier molecular flexibility index (Phi) is 5.59. The van der Waals surface area contributed by atoms with Gasteiger partial charge in [0.25, 0.3) is 0 Å². The molecule has 21 heavy (non-hydrogen) atoms. The van der Waals surface area contributed by atoms with Crippen molar-refractivity contribution in [1.29, 1.82) is 0 Å². The minimum absolute atomic E-state index is 0.00879. The molecule has 0 atom stereocenters. The highest BCUT2D eigenvalue weighted by molar-refractivity contribution is 5.95.